The lowest BCUT2D eigenvalue weighted by molar-refractivity contribution is -0.204. The minimum atomic E-state index is -1.92. The van der Waals surface area contributed by atoms with E-state index >= 15 is 0 Å². The maximum absolute atomic E-state index is 12.5. The van der Waals surface area contributed by atoms with Gasteiger partial charge in [-0.2, -0.15) is 0 Å². The SMILES string of the molecule is CO[C@H]1C(=O)O[C@H](CO[Si](C)(C)C)[C@@H](O[Si](C)(C)C)[C@@H]1O[Si](C)(C)C. The number of hydrogen-bond acceptors (Lipinski definition) is 6. The molecule has 1 fully saturated rings. The molecule has 0 aliphatic carbocycles. The van der Waals surface area contributed by atoms with Crippen molar-refractivity contribution >= 4 is 30.9 Å². The zero-order valence-corrected chi connectivity index (χ0v) is 20.5. The zero-order chi connectivity index (χ0) is 19.6. The summed E-state index contributed by atoms with van der Waals surface area (Å²) in [5.41, 5.74) is 0. The summed E-state index contributed by atoms with van der Waals surface area (Å²) < 4.78 is 29.9. The van der Waals surface area contributed by atoms with Gasteiger partial charge in [0.2, 0.25) is 0 Å². The van der Waals surface area contributed by atoms with Gasteiger partial charge in [0.1, 0.15) is 12.2 Å². The molecule has 0 spiro atoms. The second kappa shape index (κ2) is 8.32. The van der Waals surface area contributed by atoms with Crippen molar-refractivity contribution in [2.45, 2.75) is 83.3 Å². The van der Waals surface area contributed by atoms with Crippen LogP contribution < -0.4 is 0 Å². The molecule has 1 rings (SSSR count). The first kappa shape index (κ1) is 23.0. The number of esters is 1. The highest BCUT2D eigenvalue weighted by Gasteiger charge is 2.50. The van der Waals surface area contributed by atoms with Gasteiger partial charge in [-0.25, -0.2) is 4.79 Å². The second-order valence-electron chi connectivity index (χ2n) is 9.44. The van der Waals surface area contributed by atoms with Crippen LogP contribution in [0, 0.1) is 0 Å². The van der Waals surface area contributed by atoms with Gasteiger partial charge in [0.05, 0.1) is 6.61 Å². The minimum absolute atomic E-state index is 0.332. The van der Waals surface area contributed by atoms with Crippen molar-refractivity contribution in [2.24, 2.45) is 0 Å². The Morgan fingerprint density at radius 1 is 0.840 bits per heavy atom. The van der Waals surface area contributed by atoms with E-state index in [1.54, 1.807) is 0 Å². The zero-order valence-electron chi connectivity index (χ0n) is 17.5. The average molecular weight is 409 g/mol. The van der Waals surface area contributed by atoms with Crippen LogP contribution in [0.15, 0.2) is 0 Å². The normalized spacial score (nSPS) is 28.8. The third-order valence-corrected chi connectivity index (χ3v) is 6.39. The first-order chi connectivity index (χ1) is 11.1. The summed E-state index contributed by atoms with van der Waals surface area (Å²) in [6.45, 7) is 19.3. The molecule has 0 aromatic carbocycles. The summed E-state index contributed by atoms with van der Waals surface area (Å²) in [5, 5.41) is 0. The van der Waals surface area contributed by atoms with Crippen molar-refractivity contribution in [1.82, 2.24) is 0 Å². The van der Waals surface area contributed by atoms with Gasteiger partial charge in [0, 0.05) is 7.11 Å². The van der Waals surface area contributed by atoms with Crippen LogP contribution in [0.3, 0.4) is 0 Å². The van der Waals surface area contributed by atoms with E-state index in [9.17, 15) is 4.79 Å². The predicted octanol–water partition coefficient (Wildman–Crippen LogP) is 3.22. The van der Waals surface area contributed by atoms with Crippen molar-refractivity contribution in [3.8, 4) is 0 Å². The van der Waals surface area contributed by atoms with E-state index in [-0.39, 0.29) is 6.10 Å². The van der Waals surface area contributed by atoms with E-state index in [1.807, 2.05) is 0 Å². The highest BCUT2D eigenvalue weighted by atomic mass is 28.4. The van der Waals surface area contributed by atoms with E-state index in [1.165, 1.54) is 7.11 Å². The van der Waals surface area contributed by atoms with Crippen molar-refractivity contribution in [1.29, 1.82) is 0 Å². The summed E-state index contributed by atoms with van der Waals surface area (Å²) in [7, 11) is -4.06. The average Bonchev–Trinajstić information content (AvgIpc) is 2.36. The van der Waals surface area contributed by atoms with Crippen molar-refractivity contribution in [3.05, 3.63) is 0 Å². The van der Waals surface area contributed by atoms with Crippen LogP contribution in [0.25, 0.3) is 0 Å². The van der Waals surface area contributed by atoms with Crippen molar-refractivity contribution in [3.63, 3.8) is 0 Å². The second-order valence-corrected chi connectivity index (χ2v) is 22.9. The number of cyclic esters (lactones) is 1. The van der Waals surface area contributed by atoms with Crippen LogP contribution in [-0.2, 0) is 27.5 Å². The topological polar surface area (TPSA) is 63.2 Å². The van der Waals surface area contributed by atoms with Gasteiger partial charge < -0.3 is 22.8 Å². The van der Waals surface area contributed by atoms with Gasteiger partial charge >= 0.3 is 5.97 Å². The number of ether oxygens (including phenoxy) is 2. The molecule has 0 saturated carbocycles. The third kappa shape index (κ3) is 8.02. The molecule has 0 bridgehead atoms. The summed E-state index contributed by atoms with van der Waals surface area (Å²) in [5.74, 6) is -0.398. The number of methoxy groups -OCH3 is 1. The Kier molecular flexibility index (Phi) is 7.66. The number of carbonyl (C=O) groups is 1. The molecule has 0 unspecified atom stereocenters. The highest BCUT2D eigenvalue weighted by molar-refractivity contribution is 6.70. The molecule has 1 aliphatic heterocycles. The highest BCUT2D eigenvalue weighted by Crippen LogP contribution is 2.29. The lowest BCUT2D eigenvalue weighted by atomic mass is 10.00. The van der Waals surface area contributed by atoms with Gasteiger partial charge in [-0.15, -0.1) is 0 Å². The van der Waals surface area contributed by atoms with Crippen LogP contribution in [0.5, 0.6) is 0 Å². The third-order valence-electron chi connectivity index (χ3n) is 3.40. The van der Waals surface area contributed by atoms with E-state index < -0.39 is 49.2 Å². The number of rotatable bonds is 8. The Bertz CT molecular complexity index is 452. The van der Waals surface area contributed by atoms with E-state index in [2.05, 4.69) is 58.9 Å². The molecular formula is C16H36O6Si3. The van der Waals surface area contributed by atoms with Crippen LogP contribution in [-0.4, -0.2) is 69.1 Å². The molecule has 6 nitrogen and oxygen atoms in total. The summed E-state index contributed by atoms with van der Waals surface area (Å²) in [4.78, 5) is 12.5. The molecule has 0 aromatic heterocycles. The smallest absolute Gasteiger partial charge is 0.338 e. The fourth-order valence-electron chi connectivity index (χ4n) is 2.58. The van der Waals surface area contributed by atoms with Crippen LogP contribution in [0.2, 0.25) is 58.9 Å². The Morgan fingerprint density at radius 3 is 1.72 bits per heavy atom. The molecule has 0 N–H and O–H groups in total. The van der Waals surface area contributed by atoms with Gasteiger partial charge in [0.25, 0.3) is 0 Å². The summed E-state index contributed by atoms with van der Waals surface area (Å²) >= 11 is 0. The first-order valence-corrected chi connectivity index (χ1v) is 19.1. The van der Waals surface area contributed by atoms with Crippen molar-refractivity contribution in [2.75, 3.05) is 13.7 Å². The molecular weight excluding hydrogens is 372 g/mol. The predicted molar refractivity (Wildman–Crippen MR) is 106 cm³/mol. The number of hydrogen-bond donors (Lipinski definition) is 0. The quantitative estimate of drug-likeness (QED) is 0.454. The molecule has 0 amide bonds. The molecule has 4 atom stereocenters. The Labute approximate surface area is 155 Å². The molecule has 0 radical (unpaired) electrons. The van der Waals surface area contributed by atoms with Crippen molar-refractivity contribution < 1.29 is 27.5 Å². The standard InChI is InChI=1S/C16H36O6Si3/c1-18-15-14(22-25(8,9)10)13(21-24(5,6)7)12(20-16(15)17)11-19-23(2,3)4/h12-15H,11H2,1-10H3/t12-,13-,14+,15-/m1/s1. The van der Waals surface area contributed by atoms with Crippen LogP contribution in [0.1, 0.15) is 0 Å². The Balaban J connectivity index is 3.14. The summed E-state index contributed by atoms with van der Waals surface area (Å²) in [6, 6.07) is 0. The van der Waals surface area contributed by atoms with Gasteiger partial charge in [0.15, 0.2) is 37.2 Å². The fourth-order valence-corrected chi connectivity index (χ4v) is 5.42. The molecule has 9 heteroatoms. The van der Waals surface area contributed by atoms with Gasteiger partial charge in [-0.05, 0) is 58.9 Å². The van der Waals surface area contributed by atoms with Gasteiger partial charge in [-0.3, -0.25) is 0 Å². The molecule has 0 aromatic rings. The van der Waals surface area contributed by atoms with E-state index in [0.29, 0.717) is 6.61 Å². The lowest BCUT2D eigenvalue weighted by Crippen LogP contribution is -2.63. The van der Waals surface area contributed by atoms with Gasteiger partial charge in [-0.1, -0.05) is 0 Å². The minimum Gasteiger partial charge on any atom is -0.455 e. The molecule has 1 aliphatic rings. The first-order valence-electron chi connectivity index (χ1n) is 8.86. The monoisotopic (exact) mass is 408 g/mol. The molecule has 25 heavy (non-hydrogen) atoms. The maximum Gasteiger partial charge on any atom is 0.338 e. The molecule has 1 saturated heterocycles. The van der Waals surface area contributed by atoms with Crippen LogP contribution in [0.4, 0.5) is 0 Å². The summed E-state index contributed by atoms with van der Waals surface area (Å²) in [6.07, 6.45) is -2.09. The van der Waals surface area contributed by atoms with E-state index in [0.717, 1.165) is 0 Å². The maximum atomic E-state index is 12.5. The Hall–Kier alpha value is -0.0394. The number of carbonyl (C=O) groups excluding carboxylic acids is 1. The Morgan fingerprint density at radius 2 is 1.32 bits per heavy atom. The van der Waals surface area contributed by atoms with Crippen LogP contribution >= 0.6 is 0 Å². The van der Waals surface area contributed by atoms with E-state index in [4.69, 9.17) is 22.8 Å². The molecule has 1 heterocycles. The molecule has 148 valence electrons. The largest absolute Gasteiger partial charge is 0.455 e. The lowest BCUT2D eigenvalue weighted by Gasteiger charge is -2.45. The fraction of sp³-hybridized carbons (Fsp3) is 0.938.